The predicted molar refractivity (Wildman–Crippen MR) is 73.0 cm³/mol. The van der Waals surface area contributed by atoms with E-state index in [1.165, 1.54) is 0 Å². The number of hydrogen-bond donors (Lipinski definition) is 1. The van der Waals surface area contributed by atoms with Crippen LogP contribution in [0.1, 0.15) is 19.5 Å². The number of nitrogens with zero attached hydrogens (tertiary/aromatic N) is 3. The number of carbonyl (C=O) groups is 1. The van der Waals surface area contributed by atoms with Crippen molar-refractivity contribution in [1.29, 1.82) is 0 Å². The first-order valence-corrected chi connectivity index (χ1v) is 6.62. The van der Waals surface area contributed by atoms with Crippen LogP contribution in [-0.4, -0.2) is 52.4 Å². The maximum atomic E-state index is 12.0. The van der Waals surface area contributed by atoms with Gasteiger partial charge in [0, 0.05) is 31.9 Å². The van der Waals surface area contributed by atoms with Crippen molar-refractivity contribution in [2.45, 2.75) is 33.0 Å². The van der Waals surface area contributed by atoms with Gasteiger partial charge in [-0.25, -0.2) is 0 Å². The lowest BCUT2D eigenvalue weighted by molar-refractivity contribution is -0.121. The minimum absolute atomic E-state index is 0.0283. The SMILES string of the molecule is Cc1cc(NC(=O)CN2CC(C)OC(C)C2)nn1C. The Labute approximate surface area is 113 Å². The minimum Gasteiger partial charge on any atom is -0.373 e. The predicted octanol–water partition coefficient (Wildman–Crippen LogP) is 0.776. The van der Waals surface area contributed by atoms with Crippen LogP contribution in [0.5, 0.6) is 0 Å². The summed E-state index contributed by atoms with van der Waals surface area (Å²) in [7, 11) is 1.86. The molecule has 2 atom stereocenters. The molecule has 1 aliphatic heterocycles. The molecular formula is C13H22N4O2. The normalized spacial score (nSPS) is 24.4. The molecule has 1 fully saturated rings. The lowest BCUT2D eigenvalue weighted by Crippen LogP contribution is -2.48. The molecular weight excluding hydrogens is 244 g/mol. The molecule has 0 saturated carbocycles. The molecule has 0 bridgehead atoms. The van der Waals surface area contributed by atoms with Gasteiger partial charge in [0.05, 0.1) is 18.8 Å². The summed E-state index contributed by atoms with van der Waals surface area (Å²) in [5.74, 6) is 0.582. The molecule has 1 saturated heterocycles. The molecule has 6 nitrogen and oxygen atoms in total. The third-order valence-corrected chi connectivity index (χ3v) is 3.24. The fraction of sp³-hybridized carbons (Fsp3) is 0.692. The molecule has 2 heterocycles. The van der Waals surface area contributed by atoms with Gasteiger partial charge in [0.1, 0.15) is 0 Å². The van der Waals surface area contributed by atoms with E-state index < -0.39 is 0 Å². The average molecular weight is 266 g/mol. The molecule has 0 radical (unpaired) electrons. The second-order valence-corrected chi connectivity index (χ2v) is 5.29. The molecule has 19 heavy (non-hydrogen) atoms. The molecule has 1 aromatic rings. The number of ether oxygens (including phenoxy) is 1. The molecule has 2 unspecified atom stereocenters. The quantitative estimate of drug-likeness (QED) is 0.878. The first-order chi connectivity index (χ1) is 8.94. The average Bonchev–Trinajstić information content (AvgIpc) is 2.55. The number of hydrogen-bond acceptors (Lipinski definition) is 4. The zero-order valence-corrected chi connectivity index (χ0v) is 12.0. The topological polar surface area (TPSA) is 59.4 Å². The maximum Gasteiger partial charge on any atom is 0.239 e. The Hall–Kier alpha value is -1.40. The van der Waals surface area contributed by atoms with E-state index in [9.17, 15) is 4.79 Å². The van der Waals surface area contributed by atoms with Crippen molar-refractivity contribution in [3.8, 4) is 0 Å². The van der Waals surface area contributed by atoms with Gasteiger partial charge in [-0.05, 0) is 20.8 Å². The van der Waals surface area contributed by atoms with E-state index in [-0.39, 0.29) is 18.1 Å². The van der Waals surface area contributed by atoms with Crippen molar-refractivity contribution in [2.24, 2.45) is 7.05 Å². The number of morpholine rings is 1. The Balaban J connectivity index is 1.87. The molecule has 1 amide bonds. The fourth-order valence-electron chi connectivity index (χ4n) is 2.42. The first-order valence-electron chi connectivity index (χ1n) is 6.62. The molecule has 106 valence electrons. The summed E-state index contributed by atoms with van der Waals surface area (Å²) in [6.07, 6.45) is 0.349. The van der Waals surface area contributed by atoms with E-state index in [0.717, 1.165) is 18.8 Å². The highest BCUT2D eigenvalue weighted by molar-refractivity contribution is 5.91. The number of carbonyl (C=O) groups excluding carboxylic acids is 1. The molecule has 1 aromatic heterocycles. The van der Waals surface area contributed by atoms with Crippen LogP contribution < -0.4 is 5.32 Å². The number of nitrogens with one attached hydrogen (secondary N) is 1. The molecule has 2 rings (SSSR count). The fourth-order valence-corrected chi connectivity index (χ4v) is 2.42. The van der Waals surface area contributed by atoms with Gasteiger partial charge in [-0.1, -0.05) is 0 Å². The van der Waals surface area contributed by atoms with Gasteiger partial charge in [-0.3, -0.25) is 14.4 Å². The van der Waals surface area contributed by atoms with Crippen LogP contribution in [0.25, 0.3) is 0 Å². The summed E-state index contributed by atoms with van der Waals surface area (Å²) in [4.78, 5) is 14.1. The van der Waals surface area contributed by atoms with Crippen LogP contribution in [0.3, 0.4) is 0 Å². The van der Waals surface area contributed by atoms with E-state index >= 15 is 0 Å². The van der Waals surface area contributed by atoms with Crippen LogP contribution in [0.4, 0.5) is 5.82 Å². The van der Waals surface area contributed by atoms with Gasteiger partial charge in [0.2, 0.25) is 5.91 Å². The zero-order valence-electron chi connectivity index (χ0n) is 12.0. The molecule has 0 spiro atoms. The number of aryl methyl sites for hydroxylation is 2. The van der Waals surface area contributed by atoms with Crippen LogP contribution in [0, 0.1) is 6.92 Å². The molecule has 1 N–H and O–H groups in total. The molecule has 0 aliphatic carbocycles. The van der Waals surface area contributed by atoms with Gasteiger partial charge < -0.3 is 10.1 Å². The van der Waals surface area contributed by atoms with E-state index in [4.69, 9.17) is 4.74 Å². The molecule has 1 aliphatic rings. The van der Waals surface area contributed by atoms with E-state index in [0.29, 0.717) is 12.4 Å². The van der Waals surface area contributed by atoms with Crippen LogP contribution in [0.2, 0.25) is 0 Å². The smallest absolute Gasteiger partial charge is 0.239 e. The second-order valence-electron chi connectivity index (χ2n) is 5.29. The third kappa shape index (κ3) is 3.78. The Morgan fingerprint density at radius 1 is 1.47 bits per heavy atom. The standard InChI is InChI=1S/C13H22N4O2/c1-9-5-12(15-16(9)4)14-13(18)8-17-6-10(2)19-11(3)7-17/h5,10-11H,6-8H2,1-4H3,(H,14,15,18). The van der Waals surface area contributed by atoms with Crippen molar-refractivity contribution in [3.05, 3.63) is 11.8 Å². The van der Waals surface area contributed by atoms with E-state index in [1.807, 2.05) is 33.9 Å². The van der Waals surface area contributed by atoms with Gasteiger partial charge >= 0.3 is 0 Å². The van der Waals surface area contributed by atoms with Crippen molar-refractivity contribution in [2.75, 3.05) is 25.0 Å². The number of anilines is 1. The van der Waals surface area contributed by atoms with Gasteiger partial charge in [-0.2, -0.15) is 5.10 Å². The number of aromatic nitrogens is 2. The summed E-state index contributed by atoms with van der Waals surface area (Å²) in [6.45, 7) is 7.98. The third-order valence-electron chi connectivity index (χ3n) is 3.24. The van der Waals surface area contributed by atoms with Crippen molar-refractivity contribution in [3.63, 3.8) is 0 Å². The summed E-state index contributed by atoms with van der Waals surface area (Å²) < 4.78 is 7.39. The second kappa shape index (κ2) is 5.71. The summed E-state index contributed by atoms with van der Waals surface area (Å²) >= 11 is 0. The maximum absolute atomic E-state index is 12.0. The monoisotopic (exact) mass is 266 g/mol. The van der Waals surface area contributed by atoms with Crippen LogP contribution in [0.15, 0.2) is 6.07 Å². The lowest BCUT2D eigenvalue weighted by atomic mass is 10.2. The molecule has 6 heteroatoms. The first kappa shape index (κ1) is 14.0. The Morgan fingerprint density at radius 3 is 2.63 bits per heavy atom. The Bertz CT molecular complexity index is 428. The van der Waals surface area contributed by atoms with Gasteiger partial charge in [0.25, 0.3) is 0 Å². The van der Waals surface area contributed by atoms with Crippen LogP contribution >= 0.6 is 0 Å². The number of rotatable bonds is 3. The largest absolute Gasteiger partial charge is 0.373 e. The summed E-state index contributed by atoms with van der Waals surface area (Å²) in [6, 6.07) is 1.86. The number of amides is 1. The Morgan fingerprint density at radius 2 is 2.11 bits per heavy atom. The van der Waals surface area contributed by atoms with Gasteiger partial charge in [-0.15, -0.1) is 0 Å². The van der Waals surface area contributed by atoms with Gasteiger partial charge in [0.15, 0.2) is 5.82 Å². The minimum atomic E-state index is -0.0283. The highest BCUT2D eigenvalue weighted by Crippen LogP contribution is 2.11. The van der Waals surface area contributed by atoms with Crippen molar-refractivity contribution in [1.82, 2.24) is 14.7 Å². The lowest BCUT2D eigenvalue weighted by Gasteiger charge is -2.34. The van der Waals surface area contributed by atoms with E-state index in [2.05, 4.69) is 15.3 Å². The van der Waals surface area contributed by atoms with Crippen molar-refractivity contribution >= 4 is 11.7 Å². The highest BCUT2D eigenvalue weighted by atomic mass is 16.5. The van der Waals surface area contributed by atoms with E-state index in [1.54, 1.807) is 4.68 Å². The van der Waals surface area contributed by atoms with Crippen molar-refractivity contribution < 1.29 is 9.53 Å². The zero-order chi connectivity index (χ0) is 14.0. The Kier molecular flexibility index (Phi) is 4.21. The summed E-state index contributed by atoms with van der Waals surface area (Å²) in [5, 5.41) is 7.04. The van der Waals surface area contributed by atoms with Crippen LogP contribution in [-0.2, 0) is 16.6 Å². The highest BCUT2D eigenvalue weighted by Gasteiger charge is 2.23. The molecule has 0 aromatic carbocycles. The summed E-state index contributed by atoms with van der Waals surface area (Å²) in [5.41, 5.74) is 1.02.